The van der Waals surface area contributed by atoms with Crippen LogP contribution in [0, 0.1) is 5.92 Å². The highest BCUT2D eigenvalue weighted by molar-refractivity contribution is 5.75. The number of hydrogen-bond acceptors (Lipinski definition) is 3. The molecule has 0 heterocycles. The fourth-order valence-corrected chi connectivity index (χ4v) is 0.891. The first-order chi connectivity index (χ1) is 6.57. The first-order valence-corrected chi connectivity index (χ1v) is 5.09. The molecule has 0 bridgehead atoms. The fraction of sp³-hybridized carbons (Fsp3) is 0.900. The highest BCUT2D eigenvalue weighted by Crippen LogP contribution is 2.01. The third-order valence-electron chi connectivity index (χ3n) is 1.83. The fourth-order valence-electron chi connectivity index (χ4n) is 0.891. The minimum atomic E-state index is 0.151. The second-order valence-corrected chi connectivity index (χ2v) is 3.54. The highest BCUT2D eigenvalue weighted by Gasteiger charge is 2.06. The van der Waals surface area contributed by atoms with Gasteiger partial charge in [-0.25, -0.2) is 0 Å². The Bertz CT molecular complexity index is 137. The Morgan fingerprint density at radius 2 is 1.86 bits per heavy atom. The average Bonchev–Trinajstić information content (AvgIpc) is 2.17. The van der Waals surface area contributed by atoms with Gasteiger partial charge in [0.05, 0.1) is 0 Å². The van der Waals surface area contributed by atoms with E-state index >= 15 is 0 Å². The van der Waals surface area contributed by atoms with Crippen molar-refractivity contribution in [3.63, 3.8) is 0 Å². The van der Waals surface area contributed by atoms with E-state index in [0.29, 0.717) is 18.9 Å². The third-order valence-corrected chi connectivity index (χ3v) is 1.83. The van der Waals surface area contributed by atoms with E-state index in [0.717, 1.165) is 13.0 Å². The van der Waals surface area contributed by atoms with Gasteiger partial charge < -0.3 is 16.4 Å². The summed E-state index contributed by atoms with van der Waals surface area (Å²) in [7, 11) is 3.33. The van der Waals surface area contributed by atoms with E-state index in [1.807, 2.05) is 7.05 Å². The lowest BCUT2D eigenvalue weighted by Gasteiger charge is -2.17. The van der Waals surface area contributed by atoms with E-state index in [2.05, 4.69) is 19.6 Å². The number of hydrogen-bond donors (Lipinski definition) is 2. The maximum absolute atomic E-state index is 11.2. The molecule has 4 nitrogen and oxygen atoms in total. The summed E-state index contributed by atoms with van der Waals surface area (Å²) in [6.07, 6.45) is 1.53. The summed E-state index contributed by atoms with van der Waals surface area (Å²) >= 11 is 0. The molecule has 0 atom stereocenters. The molecule has 0 saturated carbocycles. The summed E-state index contributed by atoms with van der Waals surface area (Å²) in [6, 6.07) is 0. The lowest BCUT2D eigenvalue weighted by molar-refractivity contribution is -0.129. The zero-order valence-electron chi connectivity index (χ0n) is 9.92. The number of nitrogens with two attached hydrogens (primary N) is 2. The van der Waals surface area contributed by atoms with Gasteiger partial charge in [-0.1, -0.05) is 13.8 Å². The summed E-state index contributed by atoms with van der Waals surface area (Å²) in [4.78, 5) is 13.0. The minimum absolute atomic E-state index is 0.151. The van der Waals surface area contributed by atoms with Crippen molar-refractivity contribution < 1.29 is 4.79 Å². The minimum Gasteiger partial charge on any atom is -0.346 e. The average molecular weight is 203 g/mol. The van der Waals surface area contributed by atoms with Crippen molar-refractivity contribution in [1.82, 2.24) is 4.90 Å². The first kappa shape index (κ1) is 15.8. The maximum Gasteiger partial charge on any atom is 0.223 e. The molecule has 0 aromatic rings. The molecule has 0 unspecified atom stereocenters. The lowest BCUT2D eigenvalue weighted by Crippen LogP contribution is -2.29. The molecule has 4 heteroatoms. The molecule has 86 valence electrons. The van der Waals surface area contributed by atoms with Gasteiger partial charge in [-0.3, -0.25) is 4.79 Å². The van der Waals surface area contributed by atoms with Gasteiger partial charge in [-0.05, 0) is 19.4 Å². The van der Waals surface area contributed by atoms with Crippen molar-refractivity contribution >= 4 is 5.91 Å². The van der Waals surface area contributed by atoms with E-state index in [9.17, 15) is 4.79 Å². The molecule has 0 aromatic carbocycles. The third kappa shape index (κ3) is 9.48. The van der Waals surface area contributed by atoms with Crippen molar-refractivity contribution in [3.05, 3.63) is 0 Å². The van der Waals surface area contributed by atoms with Gasteiger partial charge in [0.25, 0.3) is 0 Å². The first-order valence-electron chi connectivity index (χ1n) is 5.09. The molecule has 0 aliphatic heterocycles. The number of carbonyl (C=O) groups is 1. The highest BCUT2D eigenvalue weighted by atomic mass is 16.2. The van der Waals surface area contributed by atoms with E-state index in [1.165, 1.54) is 7.05 Å². The van der Waals surface area contributed by atoms with E-state index in [4.69, 9.17) is 5.73 Å². The maximum atomic E-state index is 11.2. The Morgan fingerprint density at radius 1 is 1.36 bits per heavy atom. The molecular formula is C10H25N3O. The van der Waals surface area contributed by atoms with Crippen LogP contribution in [0.25, 0.3) is 0 Å². The van der Waals surface area contributed by atoms with Crippen LogP contribution in [0.5, 0.6) is 0 Å². The molecular weight excluding hydrogens is 178 g/mol. The number of carbonyl (C=O) groups excluding carboxylic acids is 1. The van der Waals surface area contributed by atoms with Crippen LogP contribution in [0.3, 0.4) is 0 Å². The molecule has 0 radical (unpaired) electrons. The van der Waals surface area contributed by atoms with Crippen molar-refractivity contribution in [2.24, 2.45) is 17.4 Å². The zero-order chi connectivity index (χ0) is 11.6. The Morgan fingerprint density at radius 3 is 2.21 bits per heavy atom. The standard InChI is InChI=1S/C9H20N2O.CH5N/c1-8(2)5-7-11(3)9(12)4-6-10;1-2/h8H,4-7,10H2,1-3H3;2H2,1H3. The van der Waals surface area contributed by atoms with Crippen LogP contribution < -0.4 is 11.5 Å². The SMILES string of the molecule is CC(C)CCN(C)C(=O)CCN.CN. The molecule has 4 N–H and O–H groups in total. The number of nitrogens with zero attached hydrogens (tertiary/aromatic N) is 1. The zero-order valence-corrected chi connectivity index (χ0v) is 9.92. The summed E-state index contributed by atoms with van der Waals surface area (Å²) < 4.78 is 0. The Balaban J connectivity index is 0. The lowest BCUT2D eigenvalue weighted by atomic mass is 10.1. The van der Waals surface area contributed by atoms with Gasteiger partial charge in [0.15, 0.2) is 0 Å². The Kier molecular flexibility index (Phi) is 11.9. The molecule has 14 heavy (non-hydrogen) atoms. The Labute approximate surface area is 87.6 Å². The molecule has 0 aliphatic carbocycles. The molecule has 0 aromatic heterocycles. The van der Waals surface area contributed by atoms with Crippen molar-refractivity contribution in [3.8, 4) is 0 Å². The van der Waals surface area contributed by atoms with Gasteiger partial charge in [-0.15, -0.1) is 0 Å². The van der Waals surface area contributed by atoms with Gasteiger partial charge in [0.1, 0.15) is 0 Å². The summed E-state index contributed by atoms with van der Waals surface area (Å²) in [5, 5.41) is 0. The molecule has 0 saturated heterocycles. The topological polar surface area (TPSA) is 72.3 Å². The second kappa shape index (κ2) is 10.5. The smallest absolute Gasteiger partial charge is 0.223 e. The van der Waals surface area contributed by atoms with Crippen LogP contribution in [-0.2, 0) is 4.79 Å². The van der Waals surface area contributed by atoms with Gasteiger partial charge in [0.2, 0.25) is 5.91 Å². The largest absolute Gasteiger partial charge is 0.346 e. The molecule has 0 rings (SSSR count). The normalized spacial score (nSPS) is 9.36. The molecule has 0 fully saturated rings. The monoisotopic (exact) mass is 203 g/mol. The van der Waals surface area contributed by atoms with Crippen LogP contribution in [0.4, 0.5) is 0 Å². The van der Waals surface area contributed by atoms with E-state index in [-0.39, 0.29) is 5.91 Å². The van der Waals surface area contributed by atoms with E-state index in [1.54, 1.807) is 4.90 Å². The van der Waals surface area contributed by atoms with Crippen LogP contribution in [-0.4, -0.2) is 38.0 Å². The van der Waals surface area contributed by atoms with Crippen LogP contribution >= 0.6 is 0 Å². The van der Waals surface area contributed by atoms with Crippen LogP contribution in [0.15, 0.2) is 0 Å². The van der Waals surface area contributed by atoms with Crippen molar-refractivity contribution in [1.29, 1.82) is 0 Å². The molecule has 0 aliphatic rings. The van der Waals surface area contributed by atoms with E-state index < -0.39 is 0 Å². The number of amides is 1. The predicted octanol–water partition coefficient (Wildman–Crippen LogP) is 0.415. The van der Waals surface area contributed by atoms with Gasteiger partial charge >= 0.3 is 0 Å². The number of rotatable bonds is 5. The van der Waals surface area contributed by atoms with Crippen LogP contribution in [0.2, 0.25) is 0 Å². The predicted molar refractivity (Wildman–Crippen MR) is 60.9 cm³/mol. The van der Waals surface area contributed by atoms with Crippen molar-refractivity contribution in [2.75, 3.05) is 27.2 Å². The van der Waals surface area contributed by atoms with Gasteiger partial charge in [0, 0.05) is 26.6 Å². The van der Waals surface area contributed by atoms with Gasteiger partial charge in [-0.2, -0.15) is 0 Å². The van der Waals surface area contributed by atoms with Crippen molar-refractivity contribution in [2.45, 2.75) is 26.7 Å². The van der Waals surface area contributed by atoms with Crippen LogP contribution in [0.1, 0.15) is 26.7 Å². The molecule has 1 amide bonds. The quantitative estimate of drug-likeness (QED) is 0.680. The molecule has 0 spiro atoms. The summed E-state index contributed by atoms with van der Waals surface area (Å²) in [5.74, 6) is 0.802. The summed E-state index contributed by atoms with van der Waals surface area (Å²) in [5.41, 5.74) is 9.78. The summed E-state index contributed by atoms with van der Waals surface area (Å²) in [6.45, 7) is 5.60. The second-order valence-electron chi connectivity index (χ2n) is 3.54. The Hall–Kier alpha value is -0.610.